The van der Waals surface area contributed by atoms with Crippen LogP contribution >= 0.6 is 0 Å². The highest BCUT2D eigenvalue weighted by Crippen LogP contribution is 2.14. The number of nitrogens with zero attached hydrogens (tertiary/aromatic N) is 4. The molecule has 0 amide bonds. The maximum absolute atomic E-state index is 8.91. The van der Waals surface area contributed by atoms with Crippen molar-refractivity contribution in [3.63, 3.8) is 0 Å². The van der Waals surface area contributed by atoms with Gasteiger partial charge in [-0.3, -0.25) is 4.90 Å². The van der Waals surface area contributed by atoms with Gasteiger partial charge in [0.25, 0.3) is 0 Å². The normalized spacial score (nSPS) is 17.7. The smallest absolute Gasteiger partial charge is 0.188 e. The number of aromatic nitrogens is 1. The van der Waals surface area contributed by atoms with Gasteiger partial charge in [0, 0.05) is 32.7 Å². The molecule has 1 aromatic heterocycles. The van der Waals surface area contributed by atoms with Gasteiger partial charge < -0.3 is 20.9 Å². The zero-order chi connectivity index (χ0) is 13.7. The first kappa shape index (κ1) is 13.6. The van der Waals surface area contributed by atoms with Crippen molar-refractivity contribution in [3.05, 3.63) is 23.9 Å². The molecule has 0 saturated carbocycles. The number of amidine groups is 1. The minimum Gasteiger partial charge on any atom is -0.409 e. The molecule has 19 heavy (non-hydrogen) atoms. The molecular formula is C12H19N5O2. The van der Waals surface area contributed by atoms with Gasteiger partial charge >= 0.3 is 0 Å². The van der Waals surface area contributed by atoms with Crippen LogP contribution in [0.4, 0.5) is 5.82 Å². The average Bonchev–Trinajstić information content (AvgIpc) is 2.48. The fourth-order valence-corrected chi connectivity index (χ4v) is 2.14. The van der Waals surface area contributed by atoms with E-state index in [1.807, 2.05) is 12.1 Å². The Hall–Kier alpha value is -1.86. The number of hydrogen-bond acceptors (Lipinski definition) is 6. The summed E-state index contributed by atoms with van der Waals surface area (Å²) < 4.78 is 0. The first-order valence-corrected chi connectivity index (χ1v) is 6.27. The Morgan fingerprint density at radius 3 is 2.68 bits per heavy atom. The minimum absolute atomic E-state index is 0.0146. The van der Waals surface area contributed by atoms with Gasteiger partial charge in [-0.25, -0.2) is 4.98 Å². The molecule has 0 unspecified atom stereocenters. The molecule has 104 valence electrons. The summed E-state index contributed by atoms with van der Waals surface area (Å²) in [6, 6.07) is 5.46. The van der Waals surface area contributed by atoms with Gasteiger partial charge in [0.15, 0.2) is 5.84 Å². The number of β-amino-alcohol motifs (C(OH)–C–C–N with tert-alkyl or cyclic N) is 1. The second-order valence-corrected chi connectivity index (χ2v) is 4.42. The number of nitrogens with two attached hydrogens (primary N) is 1. The first-order chi connectivity index (χ1) is 9.24. The van der Waals surface area contributed by atoms with E-state index in [0.29, 0.717) is 12.2 Å². The summed E-state index contributed by atoms with van der Waals surface area (Å²) in [5.41, 5.74) is 6.01. The maximum atomic E-state index is 8.91. The molecule has 7 heteroatoms. The van der Waals surface area contributed by atoms with E-state index in [9.17, 15) is 0 Å². The van der Waals surface area contributed by atoms with E-state index < -0.39 is 0 Å². The summed E-state index contributed by atoms with van der Waals surface area (Å²) in [5, 5.41) is 20.5. The topological polar surface area (TPSA) is 98.2 Å². The van der Waals surface area contributed by atoms with Crippen molar-refractivity contribution in [1.82, 2.24) is 9.88 Å². The second-order valence-electron chi connectivity index (χ2n) is 4.42. The number of aliphatic hydroxyl groups excluding tert-OH is 1. The lowest BCUT2D eigenvalue weighted by Crippen LogP contribution is -2.47. The second kappa shape index (κ2) is 6.35. The Bertz CT molecular complexity index is 444. The molecular weight excluding hydrogens is 246 g/mol. The molecule has 7 nitrogen and oxygen atoms in total. The molecule has 2 rings (SSSR count). The van der Waals surface area contributed by atoms with Crippen LogP contribution in [0.5, 0.6) is 0 Å². The van der Waals surface area contributed by atoms with E-state index in [1.54, 1.807) is 6.07 Å². The SMILES string of the molecule is NC(=NO)c1cccc(N2CCN(CCO)CC2)n1. The summed E-state index contributed by atoms with van der Waals surface area (Å²) in [6.45, 7) is 4.41. The Morgan fingerprint density at radius 2 is 2.05 bits per heavy atom. The fourth-order valence-electron chi connectivity index (χ4n) is 2.14. The Balaban J connectivity index is 2.03. The van der Waals surface area contributed by atoms with E-state index in [-0.39, 0.29) is 12.4 Å². The van der Waals surface area contributed by atoms with Gasteiger partial charge in [0.05, 0.1) is 6.61 Å². The summed E-state index contributed by atoms with van der Waals surface area (Å²) in [4.78, 5) is 8.75. The minimum atomic E-state index is 0.0146. The number of anilines is 1. The molecule has 0 aliphatic carbocycles. The van der Waals surface area contributed by atoms with Crippen LogP contribution in [0.15, 0.2) is 23.4 Å². The van der Waals surface area contributed by atoms with Crippen LogP contribution < -0.4 is 10.6 Å². The summed E-state index contributed by atoms with van der Waals surface area (Å²) >= 11 is 0. The molecule has 2 heterocycles. The largest absolute Gasteiger partial charge is 0.409 e. The number of piperazine rings is 1. The maximum Gasteiger partial charge on any atom is 0.188 e. The van der Waals surface area contributed by atoms with Crippen molar-refractivity contribution in [1.29, 1.82) is 0 Å². The van der Waals surface area contributed by atoms with E-state index in [4.69, 9.17) is 16.0 Å². The van der Waals surface area contributed by atoms with Crippen LogP contribution in [0.25, 0.3) is 0 Å². The molecule has 1 aliphatic heterocycles. The lowest BCUT2D eigenvalue weighted by Gasteiger charge is -2.35. The number of pyridine rings is 1. The van der Waals surface area contributed by atoms with Gasteiger partial charge in [0.1, 0.15) is 11.5 Å². The third-order valence-corrected chi connectivity index (χ3v) is 3.22. The highest BCUT2D eigenvalue weighted by Gasteiger charge is 2.17. The zero-order valence-corrected chi connectivity index (χ0v) is 10.7. The third-order valence-electron chi connectivity index (χ3n) is 3.22. The van der Waals surface area contributed by atoms with Gasteiger partial charge in [-0.15, -0.1) is 0 Å². The predicted molar refractivity (Wildman–Crippen MR) is 72.5 cm³/mol. The van der Waals surface area contributed by atoms with Crippen LogP contribution in [-0.4, -0.2) is 65.4 Å². The standard InChI is InChI=1S/C12H19N5O2/c13-12(15-19)10-2-1-3-11(14-10)17-6-4-16(5-7-17)8-9-18/h1-3,18-19H,4-9H2,(H2,13,15). The van der Waals surface area contributed by atoms with Crippen molar-refractivity contribution in [2.75, 3.05) is 44.2 Å². The highest BCUT2D eigenvalue weighted by molar-refractivity contribution is 5.95. The highest BCUT2D eigenvalue weighted by atomic mass is 16.4. The van der Waals surface area contributed by atoms with E-state index in [2.05, 4.69) is 19.9 Å². The van der Waals surface area contributed by atoms with Crippen LogP contribution in [-0.2, 0) is 0 Å². The molecule has 0 radical (unpaired) electrons. The monoisotopic (exact) mass is 265 g/mol. The molecule has 0 atom stereocenters. The van der Waals surface area contributed by atoms with E-state index >= 15 is 0 Å². The number of oxime groups is 1. The fraction of sp³-hybridized carbons (Fsp3) is 0.500. The van der Waals surface area contributed by atoms with Gasteiger partial charge in [0.2, 0.25) is 0 Å². The summed E-state index contributed by atoms with van der Waals surface area (Å²) in [7, 11) is 0. The molecule has 1 saturated heterocycles. The Kier molecular flexibility index (Phi) is 4.53. The summed E-state index contributed by atoms with van der Waals surface area (Å²) in [6.07, 6.45) is 0. The first-order valence-electron chi connectivity index (χ1n) is 6.27. The number of aliphatic hydroxyl groups is 1. The van der Waals surface area contributed by atoms with Crippen LogP contribution in [0, 0.1) is 0 Å². The third kappa shape index (κ3) is 3.33. The Morgan fingerprint density at radius 1 is 1.32 bits per heavy atom. The van der Waals surface area contributed by atoms with Gasteiger partial charge in [-0.05, 0) is 12.1 Å². The molecule has 0 bridgehead atoms. The lowest BCUT2D eigenvalue weighted by molar-refractivity contribution is 0.188. The van der Waals surface area contributed by atoms with Gasteiger partial charge in [-0.2, -0.15) is 0 Å². The van der Waals surface area contributed by atoms with E-state index in [0.717, 1.165) is 32.0 Å². The number of hydrogen-bond donors (Lipinski definition) is 3. The van der Waals surface area contributed by atoms with Crippen LogP contribution in [0.3, 0.4) is 0 Å². The molecule has 1 fully saturated rings. The zero-order valence-electron chi connectivity index (χ0n) is 10.7. The van der Waals surface area contributed by atoms with Crippen molar-refractivity contribution in [2.45, 2.75) is 0 Å². The molecule has 0 aromatic carbocycles. The van der Waals surface area contributed by atoms with Crippen LogP contribution in [0.2, 0.25) is 0 Å². The van der Waals surface area contributed by atoms with Crippen LogP contribution in [0.1, 0.15) is 5.69 Å². The average molecular weight is 265 g/mol. The molecule has 0 spiro atoms. The Labute approximate surface area is 111 Å². The van der Waals surface area contributed by atoms with Crippen molar-refractivity contribution >= 4 is 11.7 Å². The van der Waals surface area contributed by atoms with Gasteiger partial charge in [-0.1, -0.05) is 11.2 Å². The van der Waals surface area contributed by atoms with Crippen molar-refractivity contribution in [2.24, 2.45) is 10.9 Å². The molecule has 4 N–H and O–H groups in total. The lowest BCUT2D eigenvalue weighted by atomic mass is 10.3. The summed E-state index contributed by atoms with van der Waals surface area (Å²) in [5.74, 6) is 0.841. The van der Waals surface area contributed by atoms with Crippen molar-refractivity contribution in [3.8, 4) is 0 Å². The quantitative estimate of drug-likeness (QED) is 0.288. The predicted octanol–water partition coefficient (Wildman–Crippen LogP) is -0.710. The molecule has 1 aliphatic rings. The number of rotatable bonds is 4. The molecule has 1 aromatic rings. The van der Waals surface area contributed by atoms with E-state index in [1.165, 1.54) is 0 Å². The van der Waals surface area contributed by atoms with Crippen molar-refractivity contribution < 1.29 is 10.3 Å².